The lowest BCUT2D eigenvalue weighted by molar-refractivity contribution is -0.189. The third-order valence-electron chi connectivity index (χ3n) is 3.25. The molecule has 1 saturated heterocycles. The summed E-state index contributed by atoms with van der Waals surface area (Å²) in [5.41, 5.74) is -0.563. The second kappa shape index (κ2) is 3.25. The summed E-state index contributed by atoms with van der Waals surface area (Å²) in [7, 11) is 0. The number of rotatable bonds is 0. The maximum atomic E-state index is 12.3. The molecule has 2 rings (SSSR count). The molecule has 2 nitrogen and oxygen atoms in total. The Labute approximate surface area is 85.7 Å². The summed E-state index contributed by atoms with van der Waals surface area (Å²) in [6.45, 7) is 0.236. The second-order valence-corrected chi connectivity index (χ2v) is 4.16. The first-order chi connectivity index (χ1) is 6.96. The number of nitrogens with zero attached hydrogens (tertiary/aromatic N) is 1. The van der Waals surface area contributed by atoms with Crippen LogP contribution in [-0.4, -0.2) is 29.1 Å². The van der Waals surface area contributed by atoms with Gasteiger partial charge in [0.2, 0.25) is 0 Å². The van der Waals surface area contributed by atoms with Gasteiger partial charge in [0, 0.05) is 6.54 Å². The minimum Gasteiger partial charge on any atom is -0.329 e. The molecule has 0 N–H and O–H groups in total. The van der Waals surface area contributed by atoms with E-state index in [0.29, 0.717) is 25.7 Å². The lowest BCUT2D eigenvalue weighted by atomic mass is 9.93. The van der Waals surface area contributed by atoms with Crippen LogP contribution in [0.4, 0.5) is 13.2 Å². The number of carbonyl (C=O) groups is 1. The highest BCUT2D eigenvalue weighted by Gasteiger charge is 2.52. The molecule has 0 aromatic rings. The largest absolute Gasteiger partial charge is 0.471 e. The standard InChI is InChI=1S/C10H12F3NO/c11-10(12,13)8(15)14-7-3-6-9(14)4-1-2-5-9/h1-2H,3-7H2. The molecule has 15 heavy (non-hydrogen) atoms. The summed E-state index contributed by atoms with van der Waals surface area (Å²) in [4.78, 5) is 12.2. The maximum absolute atomic E-state index is 12.3. The van der Waals surface area contributed by atoms with Crippen molar-refractivity contribution in [3.05, 3.63) is 12.2 Å². The van der Waals surface area contributed by atoms with Crippen molar-refractivity contribution < 1.29 is 18.0 Å². The highest BCUT2D eigenvalue weighted by atomic mass is 19.4. The lowest BCUT2D eigenvalue weighted by Gasteiger charge is -2.35. The number of hydrogen-bond donors (Lipinski definition) is 0. The number of carbonyl (C=O) groups excluding carboxylic acids is 1. The molecule has 1 amide bonds. The summed E-state index contributed by atoms with van der Waals surface area (Å²) in [5, 5.41) is 0. The van der Waals surface area contributed by atoms with Crippen LogP contribution >= 0.6 is 0 Å². The minimum absolute atomic E-state index is 0.236. The van der Waals surface area contributed by atoms with Crippen molar-refractivity contribution in [2.75, 3.05) is 6.54 Å². The van der Waals surface area contributed by atoms with Gasteiger partial charge in [-0.15, -0.1) is 0 Å². The van der Waals surface area contributed by atoms with Crippen LogP contribution in [0.1, 0.15) is 25.7 Å². The normalized spacial score (nSPS) is 24.1. The van der Waals surface area contributed by atoms with E-state index in [0.717, 1.165) is 4.90 Å². The molecule has 0 saturated carbocycles. The first-order valence-electron chi connectivity index (χ1n) is 5.00. The monoisotopic (exact) mass is 219 g/mol. The molecule has 0 radical (unpaired) electrons. The Morgan fingerprint density at radius 3 is 2.40 bits per heavy atom. The third-order valence-corrected chi connectivity index (χ3v) is 3.25. The summed E-state index contributed by atoms with van der Waals surface area (Å²) >= 11 is 0. The van der Waals surface area contributed by atoms with E-state index in [4.69, 9.17) is 0 Å². The molecular weight excluding hydrogens is 207 g/mol. The highest BCUT2D eigenvalue weighted by molar-refractivity contribution is 5.83. The molecule has 0 aromatic carbocycles. The van der Waals surface area contributed by atoms with Crippen LogP contribution < -0.4 is 0 Å². The second-order valence-electron chi connectivity index (χ2n) is 4.16. The number of halogens is 3. The minimum atomic E-state index is -4.74. The molecule has 1 aliphatic heterocycles. The highest BCUT2D eigenvalue weighted by Crippen LogP contribution is 2.41. The van der Waals surface area contributed by atoms with Crippen molar-refractivity contribution in [2.45, 2.75) is 37.4 Å². The quantitative estimate of drug-likeness (QED) is 0.572. The molecule has 0 atom stereocenters. The van der Waals surface area contributed by atoms with Crippen LogP contribution in [0.15, 0.2) is 12.2 Å². The number of amides is 1. The number of hydrogen-bond acceptors (Lipinski definition) is 1. The van der Waals surface area contributed by atoms with E-state index >= 15 is 0 Å². The molecule has 5 heteroatoms. The Morgan fingerprint density at radius 2 is 1.87 bits per heavy atom. The maximum Gasteiger partial charge on any atom is 0.471 e. The van der Waals surface area contributed by atoms with Gasteiger partial charge in [0.05, 0.1) is 5.54 Å². The molecule has 0 aromatic heterocycles. The van der Waals surface area contributed by atoms with Crippen LogP contribution in [0.2, 0.25) is 0 Å². The number of likely N-dealkylation sites (tertiary alicyclic amines) is 1. The zero-order valence-electron chi connectivity index (χ0n) is 8.18. The van der Waals surface area contributed by atoms with Crippen molar-refractivity contribution in [2.24, 2.45) is 0 Å². The Bertz CT molecular complexity index is 300. The van der Waals surface area contributed by atoms with Crippen LogP contribution in [0.5, 0.6) is 0 Å². The molecule has 1 heterocycles. The fourth-order valence-electron chi connectivity index (χ4n) is 2.52. The summed E-state index contributed by atoms with van der Waals surface area (Å²) < 4.78 is 37.0. The number of alkyl halides is 3. The lowest BCUT2D eigenvalue weighted by Crippen LogP contribution is -2.50. The van der Waals surface area contributed by atoms with Crippen molar-refractivity contribution in [1.82, 2.24) is 4.90 Å². The van der Waals surface area contributed by atoms with Crippen molar-refractivity contribution in [3.63, 3.8) is 0 Å². The molecule has 2 aliphatic rings. The molecular formula is C10H12F3NO. The van der Waals surface area contributed by atoms with Gasteiger partial charge < -0.3 is 4.90 Å². The van der Waals surface area contributed by atoms with Gasteiger partial charge in [-0.1, -0.05) is 12.2 Å². The molecule has 0 unspecified atom stereocenters. The predicted molar refractivity (Wildman–Crippen MR) is 48.1 cm³/mol. The van der Waals surface area contributed by atoms with Crippen LogP contribution in [0.25, 0.3) is 0 Å². The average Bonchev–Trinajstić information content (AvgIpc) is 2.74. The fraction of sp³-hybridized carbons (Fsp3) is 0.700. The van der Waals surface area contributed by atoms with Gasteiger partial charge in [-0.05, 0) is 25.7 Å². The average molecular weight is 219 g/mol. The third kappa shape index (κ3) is 1.64. The summed E-state index contributed by atoms with van der Waals surface area (Å²) in [6, 6.07) is 0. The zero-order chi connectivity index (χ0) is 11.1. The van der Waals surface area contributed by atoms with Gasteiger partial charge in [-0.25, -0.2) is 0 Å². The van der Waals surface area contributed by atoms with Crippen molar-refractivity contribution >= 4 is 5.91 Å². The Kier molecular flexibility index (Phi) is 2.28. The molecule has 84 valence electrons. The molecule has 1 aliphatic carbocycles. The van der Waals surface area contributed by atoms with E-state index in [1.165, 1.54) is 0 Å². The predicted octanol–water partition coefficient (Wildman–Crippen LogP) is 2.26. The SMILES string of the molecule is O=C(N1CCCC12CC=CC2)C(F)(F)F. The fourth-order valence-corrected chi connectivity index (χ4v) is 2.52. The van der Waals surface area contributed by atoms with E-state index in [9.17, 15) is 18.0 Å². The van der Waals surface area contributed by atoms with Gasteiger partial charge in [0.25, 0.3) is 0 Å². The molecule has 1 spiro atoms. The Balaban J connectivity index is 2.19. The van der Waals surface area contributed by atoms with Crippen LogP contribution in [0.3, 0.4) is 0 Å². The summed E-state index contributed by atoms with van der Waals surface area (Å²) in [6.07, 6.45) is 1.47. The van der Waals surface area contributed by atoms with Crippen molar-refractivity contribution in [3.8, 4) is 0 Å². The van der Waals surface area contributed by atoms with Gasteiger partial charge in [0.15, 0.2) is 0 Å². The topological polar surface area (TPSA) is 20.3 Å². The van der Waals surface area contributed by atoms with Gasteiger partial charge in [-0.3, -0.25) is 4.79 Å². The zero-order valence-corrected chi connectivity index (χ0v) is 8.18. The van der Waals surface area contributed by atoms with Crippen molar-refractivity contribution in [1.29, 1.82) is 0 Å². The molecule has 1 fully saturated rings. The van der Waals surface area contributed by atoms with Gasteiger partial charge in [0.1, 0.15) is 0 Å². The molecule has 0 bridgehead atoms. The van der Waals surface area contributed by atoms with E-state index in [1.54, 1.807) is 0 Å². The Morgan fingerprint density at radius 1 is 1.27 bits per heavy atom. The summed E-state index contributed by atoms with van der Waals surface area (Å²) in [5.74, 6) is -1.68. The van der Waals surface area contributed by atoms with Crippen LogP contribution in [-0.2, 0) is 4.79 Å². The van der Waals surface area contributed by atoms with E-state index in [-0.39, 0.29) is 6.54 Å². The smallest absolute Gasteiger partial charge is 0.329 e. The Hall–Kier alpha value is -1.00. The first-order valence-corrected chi connectivity index (χ1v) is 5.00. The van der Waals surface area contributed by atoms with E-state index < -0.39 is 17.6 Å². The van der Waals surface area contributed by atoms with Crippen LogP contribution in [0, 0.1) is 0 Å². The van der Waals surface area contributed by atoms with E-state index in [1.807, 2.05) is 12.2 Å². The van der Waals surface area contributed by atoms with E-state index in [2.05, 4.69) is 0 Å². The van der Waals surface area contributed by atoms with Gasteiger partial charge >= 0.3 is 12.1 Å². The first kappa shape index (κ1) is 10.5. The van der Waals surface area contributed by atoms with Gasteiger partial charge in [-0.2, -0.15) is 13.2 Å².